The zero-order valence-electron chi connectivity index (χ0n) is 9.93. The van der Waals surface area contributed by atoms with Crippen LogP contribution < -0.4 is 5.32 Å². The Bertz CT molecular complexity index is 402. The van der Waals surface area contributed by atoms with Crippen LogP contribution in [0.25, 0.3) is 0 Å². The summed E-state index contributed by atoms with van der Waals surface area (Å²) in [7, 11) is 0. The summed E-state index contributed by atoms with van der Waals surface area (Å²) < 4.78 is 5.84. The van der Waals surface area contributed by atoms with Crippen LogP contribution in [0.2, 0.25) is 0 Å². The molecule has 1 aliphatic heterocycles. The Balaban J connectivity index is 1.59. The quantitative estimate of drug-likeness (QED) is 0.864. The van der Waals surface area contributed by atoms with E-state index in [0.29, 0.717) is 12.6 Å². The van der Waals surface area contributed by atoms with Gasteiger partial charge in [-0.2, -0.15) is 0 Å². The highest BCUT2D eigenvalue weighted by Gasteiger charge is 2.29. The van der Waals surface area contributed by atoms with Crippen LogP contribution in [-0.4, -0.2) is 17.6 Å². The zero-order chi connectivity index (χ0) is 11.5. The number of allylic oxidation sites excluding steroid dienone is 1. The maximum Gasteiger partial charge on any atom is 0.130 e. The third kappa shape index (κ3) is 2.50. The molecule has 1 aromatic heterocycles. The molecule has 0 aromatic carbocycles. The first-order valence-corrected chi connectivity index (χ1v) is 6.38. The Morgan fingerprint density at radius 1 is 1.35 bits per heavy atom. The second kappa shape index (κ2) is 4.88. The van der Waals surface area contributed by atoms with Gasteiger partial charge in [-0.15, -0.1) is 0 Å². The van der Waals surface area contributed by atoms with E-state index in [2.05, 4.69) is 16.4 Å². The van der Waals surface area contributed by atoms with E-state index in [-0.39, 0.29) is 0 Å². The summed E-state index contributed by atoms with van der Waals surface area (Å²) in [6.07, 6.45) is 7.72. The highest BCUT2D eigenvalue weighted by Crippen LogP contribution is 2.30. The molecule has 2 unspecified atom stereocenters. The van der Waals surface area contributed by atoms with Crippen molar-refractivity contribution in [3.8, 4) is 0 Å². The molecule has 0 spiro atoms. The third-order valence-corrected chi connectivity index (χ3v) is 3.66. The fourth-order valence-corrected chi connectivity index (χ4v) is 2.68. The molecular formula is C14H18N2O. The maximum atomic E-state index is 5.84. The predicted octanol–water partition coefficient (Wildman–Crippen LogP) is 2.25. The molecule has 90 valence electrons. The third-order valence-electron chi connectivity index (χ3n) is 3.66. The van der Waals surface area contributed by atoms with Gasteiger partial charge in [0, 0.05) is 18.7 Å². The minimum atomic E-state index is 0.544. The van der Waals surface area contributed by atoms with E-state index in [9.17, 15) is 0 Å². The Hall–Kier alpha value is -1.35. The molecule has 3 nitrogen and oxygen atoms in total. The Labute approximate surface area is 102 Å². The van der Waals surface area contributed by atoms with Crippen molar-refractivity contribution in [3.63, 3.8) is 0 Å². The molecule has 0 saturated carbocycles. The summed E-state index contributed by atoms with van der Waals surface area (Å²) in [5.74, 6) is 1.96. The summed E-state index contributed by atoms with van der Waals surface area (Å²) in [5, 5.41) is 3.51. The second-order valence-corrected chi connectivity index (χ2v) is 4.81. The maximum absolute atomic E-state index is 5.84. The molecule has 0 bridgehead atoms. The molecule has 1 aromatic rings. The Morgan fingerprint density at radius 3 is 3.24 bits per heavy atom. The van der Waals surface area contributed by atoms with Crippen molar-refractivity contribution < 1.29 is 4.74 Å². The van der Waals surface area contributed by atoms with E-state index in [0.717, 1.165) is 30.3 Å². The van der Waals surface area contributed by atoms with E-state index in [1.807, 2.05) is 24.4 Å². The number of ether oxygens (including phenoxy) is 1. The van der Waals surface area contributed by atoms with Crippen LogP contribution in [0.3, 0.4) is 0 Å². The monoisotopic (exact) mass is 230 g/mol. The van der Waals surface area contributed by atoms with Gasteiger partial charge in [0.1, 0.15) is 6.61 Å². The molecule has 0 amide bonds. The van der Waals surface area contributed by atoms with Crippen LogP contribution in [0, 0.1) is 5.92 Å². The average Bonchev–Trinajstić information content (AvgIpc) is 2.85. The topological polar surface area (TPSA) is 34.1 Å². The van der Waals surface area contributed by atoms with Crippen LogP contribution >= 0.6 is 0 Å². The molecule has 1 N–H and O–H groups in total. The fourth-order valence-electron chi connectivity index (χ4n) is 2.68. The van der Waals surface area contributed by atoms with Gasteiger partial charge in [0.25, 0.3) is 0 Å². The molecule has 0 radical (unpaired) electrons. The molecule has 1 fully saturated rings. The van der Waals surface area contributed by atoms with Gasteiger partial charge in [-0.1, -0.05) is 6.07 Å². The van der Waals surface area contributed by atoms with Gasteiger partial charge in [-0.05, 0) is 43.5 Å². The average molecular weight is 230 g/mol. The normalized spacial score (nSPS) is 27.4. The first-order chi connectivity index (χ1) is 8.42. The predicted molar refractivity (Wildman–Crippen MR) is 66.2 cm³/mol. The minimum Gasteiger partial charge on any atom is -0.492 e. The van der Waals surface area contributed by atoms with E-state index >= 15 is 0 Å². The number of hydrogen-bond acceptors (Lipinski definition) is 3. The van der Waals surface area contributed by atoms with Crippen molar-refractivity contribution in [2.75, 3.05) is 6.54 Å². The molecule has 2 heterocycles. The number of pyridine rings is 1. The first-order valence-electron chi connectivity index (χ1n) is 6.38. The Morgan fingerprint density at radius 2 is 2.35 bits per heavy atom. The summed E-state index contributed by atoms with van der Waals surface area (Å²) in [5.41, 5.74) is 0.995. The van der Waals surface area contributed by atoms with Crippen LogP contribution in [0.15, 0.2) is 36.2 Å². The lowest BCUT2D eigenvalue weighted by atomic mass is 9.89. The van der Waals surface area contributed by atoms with E-state index < -0.39 is 0 Å². The van der Waals surface area contributed by atoms with Gasteiger partial charge in [0.2, 0.25) is 0 Å². The van der Waals surface area contributed by atoms with Crippen LogP contribution in [0.1, 0.15) is 25.0 Å². The van der Waals surface area contributed by atoms with Crippen molar-refractivity contribution in [1.29, 1.82) is 0 Å². The largest absolute Gasteiger partial charge is 0.492 e. The number of rotatable bonds is 3. The molecule has 2 atom stereocenters. The van der Waals surface area contributed by atoms with E-state index in [1.165, 1.54) is 12.8 Å². The van der Waals surface area contributed by atoms with Gasteiger partial charge in [-0.3, -0.25) is 4.98 Å². The molecule has 2 aliphatic rings. The summed E-state index contributed by atoms with van der Waals surface area (Å²) in [6, 6.07) is 6.47. The molecule has 17 heavy (non-hydrogen) atoms. The molecule has 1 aliphatic carbocycles. The number of fused-ring (bicyclic) bond motifs is 1. The molecular weight excluding hydrogens is 212 g/mol. The first kappa shape index (κ1) is 10.8. The molecule has 1 saturated heterocycles. The summed E-state index contributed by atoms with van der Waals surface area (Å²) >= 11 is 0. The smallest absolute Gasteiger partial charge is 0.130 e. The second-order valence-electron chi connectivity index (χ2n) is 4.81. The van der Waals surface area contributed by atoms with Crippen molar-refractivity contribution in [3.05, 3.63) is 41.9 Å². The lowest BCUT2D eigenvalue weighted by Gasteiger charge is -2.24. The van der Waals surface area contributed by atoms with Crippen LogP contribution in [0.5, 0.6) is 0 Å². The zero-order valence-corrected chi connectivity index (χ0v) is 9.93. The van der Waals surface area contributed by atoms with Crippen molar-refractivity contribution in [1.82, 2.24) is 10.3 Å². The highest BCUT2D eigenvalue weighted by atomic mass is 16.5. The van der Waals surface area contributed by atoms with E-state index in [4.69, 9.17) is 4.74 Å². The van der Waals surface area contributed by atoms with Crippen molar-refractivity contribution >= 4 is 0 Å². The van der Waals surface area contributed by atoms with Crippen LogP contribution in [-0.2, 0) is 11.3 Å². The van der Waals surface area contributed by atoms with E-state index in [1.54, 1.807) is 0 Å². The number of aromatic nitrogens is 1. The van der Waals surface area contributed by atoms with Crippen molar-refractivity contribution in [2.24, 2.45) is 5.92 Å². The fraction of sp³-hybridized carbons (Fsp3) is 0.500. The SMILES string of the molecule is C1=C(OCc2ccccn2)CCC2CCNC12. The van der Waals surface area contributed by atoms with Crippen LogP contribution in [0.4, 0.5) is 0 Å². The lowest BCUT2D eigenvalue weighted by Crippen LogP contribution is -2.28. The minimum absolute atomic E-state index is 0.544. The highest BCUT2D eigenvalue weighted by molar-refractivity contribution is 5.11. The summed E-state index contributed by atoms with van der Waals surface area (Å²) in [4.78, 5) is 4.26. The summed E-state index contributed by atoms with van der Waals surface area (Å²) in [6.45, 7) is 1.74. The van der Waals surface area contributed by atoms with Gasteiger partial charge < -0.3 is 10.1 Å². The molecule has 3 rings (SSSR count). The van der Waals surface area contributed by atoms with Gasteiger partial charge in [-0.25, -0.2) is 0 Å². The van der Waals surface area contributed by atoms with Gasteiger partial charge >= 0.3 is 0 Å². The van der Waals surface area contributed by atoms with Crippen molar-refractivity contribution in [2.45, 2.75) is 31.9 Å². The Kier molecular flexibility index (Phi) is 3.10. The number of nitrogens with zero attached hydrogens (tertiary/aromatic N) is 1. The standard InChI is InChI=1S/C14H18N2O/c1-2-7-15-12(3-1)10-17-13-5-4-11-6-8-16-14(11)9-13/h1-3,7,9,11,14,16H,4-6,8,10H2. The van der Waals surface area contributed by atoms with Gasteiger partial charge in [0.05, 0.1) is 11.5 Å². The number of nitrogens with one attached hydrogen (secondary N) is 1. The van der Waals surface area contributed by atoms with Gasteiger partial charge in [0.15, 0.2) is 0 Å². The molecule has 3 heteroatoms. The number of hydrogen-bond donors (Lipinski definition) is 1. The lowest BCUT2D eigenvalue weighted by molar-refractivity contribution is 0.171.